The third-order valence-electron chi connectivity index (χ3n) is 16.6. The third-order valence-corrected chi connectivity index (χ3v) is 17.8. The highest BCUT2D eigenvalue weighted by Gasteiger charge is 2.35. The summed E-state index contributed by atoms with van der Waals surface area (Å²) in [6.45, 7) is 11.6. The normalized spacial score (nSPS) is 12.6. The number of hydrogen-bond acceptors (Lipinski definition) is 2. The van der Waals surface area contributed by atoms with Gasteiger partial charge in [0.15, 0.2) is 0 Å². The monoisotopic (exact) mass is 1010 g/mol. The van der Waals surface area contributed by atoms with E-state index in [9.17, 15) is 0 Å². The van der Waals surface area contributed by atoms with Crippen molar-refractivity contribution in [2.24, 2.45) is 0 Å². The number of anilines is 3. The second kappa shape index (κ2) is 23.1. The van der Waals surface area contributed by atoms with Gasteiger partial charge in [-0.25, -0.2) is 0 Å². The van der Waals surface area contributed by atoms with Crippen LogP contribution in [-0.4, -0.2) is 4.57 Å². The van der Waals surface area contributed by atoms with Crippen molar-refractivity contribution < 1.29 is 0 Å². The lowest BCUT2D eigenvalue weighted by Gasteiger charge is -2.28. The maximum absolute atomic E-state index is 2.50. The number of hydrogen-bond donors (Lipinski definition) is 0. The lowest BCUT2D eigenvalue weighted by Crippen LogP contribution is -2.16. The highest BCUT2D eigenvalue weighted by molar-refractivity contribution is 7.15. The van der Waals surface area contributed by atoms with Crippen molar-refractivity contribution >= 4 is 50.2 Å². The van der Waals surface area contributed by atoms with Gasteiger partial charge in [-0.15, -0.1) is 11.3 Å². The topological polar surface area (TPSA) is 8.17 Å². The van der Waals surface area contributed by atoms with E-state index < -0.39 is 0 Å². The Morgan fingerprint density at radius 1 is 0.421 bits per heavy atom. The fourth-order valence-electron chi connectivity index (χ4n) is 12.4. The van der Waals surface area contributed by atoms with E-state index in [-0.39, 0.29) is 5.41 Å². The molecule has 0 aliphatic heterocycles. The van der Waals surface area contributed by atoms with Crippen molar-refractivity contribution in [3.8, 4) is 49.5 Å². The van der Waals surface area contributed by atoms with E-state index >= 15 is 0 Å². The van der Waals surface area contributed by atoms with E-state index in [0.717, 1.165) is 17.1 Å². The molecule has 0 amide bonds. The summed E-state index contributed by atoms with van der Waals surface area (Å²) in [5.41, 5.74) is 21.4. The SMILES string of the molecule is CCCCCCCCCCCCCCCCc1cc(-c2cc(C)cc(-n3c4ccccc4c4cc(-c5ccc(N(c6ccc(-c7ccccc7)cc6)c6ccc7c(c6)C(C)(C)c6ccccc6-7)cc5)ccc43)c2)sc1C. The molecule has 2 nitrogen and oxygen atoms in total. The van der Waals surface area contributed by atoms with Crippen LogP contribution in [0.1, 0.15) is 138 Å². The van der Waals surface area contributed by atoms with Gasteiger partial charge in [-0.05, 0) is 161 Å². The van der Waals surface area contributed by atoms with Crippen LogP contribution >= 0.6 is 11.3 Å². The van der Waals surface area contributed by atoms with E-state index in [1.165, 1.54) is 195 Å². The van der Waals surface area contributed by atoms with Crippen LogP contribution in [0.4, 0.5) is 17.1 Å². The summed E-state index contributed by atoms with van der Waals surface area (Å²) in [5, 5.41) is 2.54. The van der Waals surface area contributed by atoms with E-state index in [2.05, 4.69) is 232 Å². The van der Waals surface area contributed by atoms with Gasteiger partial charge < -0.3 is 9.47 Å². The molecule has 0 saturated carbocycles. The second-order valence-corrected chi connectivity index (χ2v) is 23.6. The molecule has 76 heavy (non-hydrogen) atoms. The maximum Gasteiger partial charge on any atom is 0.0541 e. The Bertz CT molecular complexity index is 3570. The zero-order valence-corrected chi connectivity index (χ0v) is 46.6. The van der Waals surface area contributed by atoms with Crippen molar-refractivity contribution in [2.75, 3.05) is 4.90 Å². The average molecular weight is 1010 g/mol. The molecule has 0 radical (unpaired) electrons. The molecular formula is C73H76N2S. The predicted molar refractivity (Wildman–Crippen MR) is 331 cm³/mol. The number of rotatable bonds is 22. The Hall–Kier alpha value is -6.94. The van der Waals surface area contributed by atoms with E-state index in [1.54, 1.807) is 0 Å². The van der Waals surface area contributed by atoms with Gasteiger partial charge in [0, 0.05) is 48.7 Å². The number of aromatic nitrogens is 1. The first-order valence-corrected chi connectivity index (χ1v) is 29.6. The molecule has 0 spiro atoms. The van der Waals surface area contributed by atoms with E-state index in [4.69, 9.17) is 0 Å². The average Bonchev–Trinajstić information content (AvgIpc) is 4.10. The Kier molecular flexibility index (Phi) is 15.6. The molecule has 384 valence electrons. The van der Waals surface area contributed by atoms with Crippen LogP contribution in [0.2, 0.25) is 0 Å². The Balaban J connectivity index is 0.827. The van der Waals surface area contributed by atoms with Gasteiger partial charge >= 0.3 is 0 Å². The standard InChI is InChI=1S/C73H76N2S/c1-6-7-8-9-10-11-12-13-14-15-16-17-18-20-29-57-50-72(76-53(57)3)59-46-52(2)47-63(48-59)75-70-33-26-24-31-66(70)67-49-58(38-45-71(67)75)56-36-41-61(42-37-56)74(60-39-34-55(35-40-60)54-27-21-19-22-28-54)62-43-44-65-64-30-23-25-32-68(64)73(4,5)69(65)51-62/h19,21-28,30-51H,6-18,20,29H2,1-5H3. The molecule has 0 saturated heterocycles. The number of aryl methyl sites for hydroxylation is 3. The maximum atomic E-state index is 2.50. The largest absolute Gasteiger partial charge is 0.310 e. The van der Waals surface area contributed by atoms with Gasteiger partial charge in [-0.3, -0.25) is 0 Å². The van der Waals surface area contributed by atoms with Crippen molar-refractivity contribution in [1.29, 1.82) is 0 Å². The molecule has 0 unspecified atom stereocenters. The molecular weight excluding hydrogens is 937 g/mol. The highest BCUT2D eigenvalue weighted by Crippen LogP contribution is 2.51. The first-order chi connectivity index (χ1) is 37.2. The molecule has 0 fully saturated rings. The fraction of sp³-hybridized carbons (Fsp3) is 0.288. The first-order valence-electron chi connectivity index (χ1n) is 28.8. The summed E-state index contributed by atoms with van der Waals surface area (Å²) in [6.07, 6.45) is 20.8. The van der Waals surface area contributed by atoms with Crippen LogP contribution in [0.3, 0.4) is 0 Å². The summed E-state index contributed by atoms with van der Waals surface area (Å²) in [6, 6.07) is 70.6. The fourth-order valence-corrected chi connectivity index (χ4v) is 13.5. The second-order valence-electron chi connectivity index (χ2n) is 22.4. The molecule has 0 bridgehead atoms. The molecule has 2 heterocycles. The molecule has 8 aromatic carbocycles. The van der Waals surface area contributed by atoms with Gasteiger partial charge in [0.05, 0.1) is 11.0 Å². The molecule has 1 aliphatic rings. The van der Waals surface area contributed by atoms with E-state index in [0.29, 0.717) is 0 Å². The Morgan fingerprint density at radius 3 is 1.67 bits per heavy atom. The van der Waals surface area contributed by atoms with Crippen LogP contribution in [0.25, 0.3) is 71.3 Å². The molecule has 10 aromatic rings. The predicted octanol–water partition coefficient (Wildman–Crippen LogP) is 22.3. The lowest BCUT2D eigenvalue weighted by molar-refractivity contribution is 0.535. The third kappa shape index (κ3) is 10.7. The number of benzene rings is 8. The number of unbranched alkanes of at least 4 members (excludes halogenated alkanes) is 13. The minimum absolute atomic E-state index is 0.101. The van der Waals surface area contributed by atoms with E-state index in [1.807, 2.05) is 11.3 Å². The van der Waals surface area contributed by atoms with Crippen molar-refractivity contribution in [3.63, 3.8) is 0 Å². The lowest BCUT2D eigenvalue weighted by atomic mass is 9.82. The van der Waals surface area contributed by atoms with Crippen molar-refractivity contribution in [1.82, 2.24) is 4.57 Å². The van der Waals surface area contributed by atoms with Gasteiger partial charge in [-0.1, -0.05) is 220 Å². The number of fused-ring (bicyclic) bond motifs is 6. The van der Waals surface area contributed by atoms with Crippen LogP contribution in [0.15, 0.2) is 188 Å². The van der Waals surface area contributed by atoms with Crippen LogP contribution in [0.5, 0.6) is 0 Å². The highest BCUT2D eigenvalue weighted by atomic mass is 32.1. The minimum Gasteiger partial charge on any atom is -0.310 e. The summed E-state index contributed by atoms with van der Waals surface area (Å²) in [4.78, 5) is 5.26. The summed E-state index contributed by atoms with van der Waals surface area (Å²) < 4.78 is 2.49. The molecule has 0 N–H and O–H groups in total. The first kappa shape index (κ1) is 51.2. The van der Waals surface area contributed by atoms with Crippen LogP contribution in [0, 0.1) is 13.8 Å². The van der Waals surface area contributed by atoms with Gasteiger partial charge in [0.2, 0.25) is 0 Å². The Labute approximate surface area is 458 Å². The number of thiophene rings is 1. The van der Waals surface area contributed by atoms with Crippen molar-refractivity contribution in [2.45, 2.75) is 136 Å². The van der Waals surface area contributed by atoms with Crippen LogP contribution in [-0.2, 0) is 11.8 Å². The zero-order chi connectivity index (χ0) is 52.0. The van der Waals surface area contributed by atoms with Crippen molar-refractivity contribution in [3.05, 3.63) is 215 Å². The number of para-hydroxylation sites is 1. The van der Waals surface area contributed by atoms with Gasteiger partial charge in [-0.2, -0.15) is 0 Å². The molecule has 2 aromatic heterocycles. The summed E-state index contributed by atoms with van der Waals surface area (Å²) in [5.74, 6) is 0. The quantitative estimate of drug-likeness (QED) is 0.0614. The molecule has 0 atom stereocenters. The summed E-state index contributed by atoms with van der Waals surface area (Å²) >= 11 is 1.96. The molecule has 1 aliphatic carbocycles. The smallest absolute Gasteiger partial charge is 0.0541 e. The van der Waals surface area contributed by atoms with Crippen LogP contribution < -0.4 is 4.90 Å². The Morgan fingerprint density at radius 2 is 0.974 bits per heavy atom. The zero-order valence-electron chi connectivity index (χ0n) is 45.8. The van der Waals surface area contributed by atoms with Gasteiger partial charge in [0.1, 0.15) is 0 Å². The molecule has 11 rings (SSSR count). The molecule has 3 heteroatoms. The summed E-state index contributed by atoms with van der Waals surface area (Å²) in [7, 11) is 0. The number of nitrogens with zero attached hydrogens (tertiary/aromatic N) is 2. The minimum atomic E-state index is -0.101. The van der Waals surface area contributed by atoms with Gasteiger partial charge in [0.25, 0.3) is 0 Å².